The van der Waals surface area contributed by atoms with Crippen LogP contribution < -0.4 is 19.7 Å². The summed E-state index contributed by atoms with van der Waals surface area (Å²) in [7, 11) is 0. The van der Waals surface area contributed by atoms with Crippen molar-refractivity contribution in [3.63, 3.8) is 0 Å². The molecule has 0 aliphatic heterocycles. The van der Waals surface area contributed by atoms with Crippen molar-refractivity contribution < 1.29 is 42.1 Å². The van der Waals surface area contributed by atoms with Crippen LogP contribution in [0.5, 0.6) is 11.5 Å². The quantitative estimate of drug-likeness (QED) is 0.211. The summed E-state index contributed by atoms with van der Waals surface area (Å²) in [5.41, 5.74) is 2.73. The molecule has 12 heteroatoms. The fourth-order valence-electron chi connectivity index (χ4n) is 4.09. The van der Waals surface area contributed by atoms with Crippen LogP contribution in [0.15, 0.2) is 97.1 Å². The number of nitrogens with one attached hydrogen (secondary N) is 1. The second kappa shape index (κ2) is 13.9. The van der Waals surface area contributed by atoms with Gasteiger partial charge in [0.2, 0.25) is 0 Å². The highest BCUT2D eigenvalue weighted by Crippen LogP contribution is 2.27. The number of rotatable bonds is 10. The van der Waals surface area contributed by atoms with E-state index in [1.54, 1.807) is 48.5 Å². The lowest BCUT2D eigenvalue weighted by atomic mass is 10.0. The summed E-state index contributed by atoms with van der Waals surface area (Å²) in [6.07, 6.45) is -6.09. The summed E-state index contributed by atoms with van der Waals surface area (Å²) in [6.45, 7) is -0.365. The molecule has 4 rings (SSSR count). The molecule has 0 unspecified atom stereocenters. The molecule has 0 saturated heterocycles. The van der Waals surface area contributed by atoms with Crippen molar-refractivity contribution in [1.29, 1.82) is 5.26 Å². The van der Waals surface area contributed by atoms with Crippen LogP contribution >= 0.6 is 0 Å². The molecule has 224 valence electrons. The molecule has 4 aromatic rings. The number of carbonyl (C=O) groups is 3. The molecule has 0 bridgehead atoms. The molecule has 0 fully saturated rings. The molecule has 0 heterocycles. The largest absolute Gasteiger partial charge is 0.573 e. The monoisotopic (exact) mass is 603 g/mol. The minimum Gasteiger partial charge on any atom is -0.481 e. The van der Waals surface area contributed by atoms with E-state index >= 15 is 0 Å². The second-order valence-electron chi connectivity index (χ2n) is 9.31. The first-order valence-electron chi connectivity index (χ1n) is 13.1. The molecule has 0 aliphatic rings. The Morgan fingerprint density at radius 3 is 2.16 bits per heavy atom. The Hall–Kier alpha value is -5.83. The van der Waals surface area contributed by atoms with E-state index in [0.717, 1.165) is 28.2 Å². The van der Waals surface area contributed by atoms with Crippen LogP contribution in [0.25, 0.3) is 11.1 Å². The van der Waals surface area contributed by atoms with E-state index in [4.69, 9.17) is 15.1 Å². The molecular formula is C32H24F3N3O6. The van der Waals surface area contributed by atoms with Gasteiger partial charge in [-0.25, -0.2) is 4.79 Å². The third-order valence-electron chi connectivity index (χ3n) is 6.14. The number of hydrogen-bond acceptors (Lipinski definition) is 6. The average Bonchev–Trinajstić information content (AvgIpc) is 2.99. The Balaban J connectivity index is 1.59. The third-order valence-corrected chi connectivity index (χ3v) is 6.14. The van der Waals surface area contributed by atoms with Gasteiger partial charge in [0, 0.05) is 17.8 Å². The zero-order chi connectivity index (χ0) is 31.7. The number of hydrogen-bond donors (Lipinski definition) is 2. The van der Waals surface area contributed by atoms with Crippen molar-refractivity contribution in [2.24, 2.45) is 0 Å². The van der Waals surface area contributed by atoms with E-state index in [-0.39, 0.29) is 42.1 Å². The van der Waals surface area contributed by atoms with Crippen LogP contribution in [0.3, 0.4) is 0 Å². The Kier molecular flexibility index (Phi) is 9.82. The number of halogens is 3. The smallest absolute Gasteiger partial charge is 0.481 e. The van der Waals surface area contributed by atoms with Crippen molar-refractivity contribution in [3.8, 4) is 28.7 Å². The standard InChI is InChI=1S/C32H24F3N3O6/c33-32(34,35)44-28-6-1-3-22(17-28)20-38(26-5-2-4-25(18-26)30(41)37-16-15-29(39)40)31(42)43-27-13-11-24(12-14-27)23-9-7-21(19-36)8-10-23/h1-14,17-18H,15-16,20H2,(H,37,41)(H,39,40). The summed E-state index contributed by atoms with van der Waals surface area (Å²) in [5.74, 6) is -1.97. The number of anilines is 1. The van der Waals surface area contributed by atoms with Crippen LogP contribution in [-0.4, -0.2) is 36.0 Å². The lowest BCUT2D eigenvalue weighted by molar-refractivity contribution is -0.274. The summed E-state index contributed by atoms with van der Waals surface area (Å²) in [5, 5.41) is 20.3. The average molecular weight is 604 g/mol. The fourth-order valence-corrected chi connectivity index (χ4v) is 4.09. The van der Waals surface area contributed by atoms with Crippen LogP contribution in [0.2, 0.25) is 0 Å². The molecule has 0 radical (unpaired) electrons. The second-order valence-corrected chi connectivity index (χ2v) is 9.31. The molecule has 4 aromatic carbocycles. The molecular weight excluding hydrogens is 579 g/mol. The van der Waals surface area contributed by atoms with Crippen molar-refractivity contribution in [1.82, 2.24) is 5.32 Å². The number of carbonyl (C=O) groups excluding carboxylic acids is 2. The van der Waals surface area contributed by atoms with Gasteiger partial charge in [0.05, 0.1) is 24.6 Å². The summed E-state index contributed by atoms with van der Waals surface area (Å²) >= 11 is 0. The Morgan fingerprint density at radius 2 is 1.52 bits per heavy atom. The number of nitrogens with zero attached hydrogens (tertiary/aromatic N) is 2. The molecule has 0 spiro atoms. The highest BCUT2D eigenvalue weighted by atomic mass is 19.4. The van der Waals surface area contributed by atoms with Gasteiger partial charge in [-0.15, -0.1) is 13.2 Å². The predicted molar refractivity (Wildman–Crippen MR) is 153 cm³/mol. The minimum atomic E-state index is -4.91. The van der Waals surface area contributed by atoms with E-state index in [2.05, 4.69) is 16.1 Å². The highest BCUT2D eigenvalue weighted by molar-refractivity contribution is 5.97. The van der Waals surface area contributed by atoms with E-state index in [0.29, 0.717) is 5.56 Å². The maximum absolute atomic E-state index is 13.5. The Bertz CT molecular complexity index is 1680. The molecule has 0 atom stereocenters. The van der Waals surface area contributed by atoms with E-state index in [1.165, 1.54) is 36.4 Å². The summed E-state index contributed by atoms with van der Waals surface area (Å²) in [6, 6.07) is 26.5. The number of alkyl halides is 3. The summed E-state index contributed by atoms with van der Waals surface area (Å²) < 4.78 is 48.0. The van der Waals surface area contributed by atoms with Gasteiger partial charge >= 0.3 is 18.4 Å². The molecule has 44 heavy (non-hydrogen) atoms. The third kappa shape index (κ3) is 8.83. The Labute approximate surface area is 249 Å². The van der Waals surface area contributed by atoms with Crippen molar-refractivity contribution in [3.05, 3.63) is 114 Å². The maximum atomic E-state index is 13.5. The number of aliphatic carboxylic acids is 1. The molecule has 9 nitrogen and oxygen atoms in total. The molecule has 0 saturated carbocycles. The molecule has 2 N–H and O–H groups in total. The SMILES string of the molecule is N#Cc1ccc(-c2ccc(OC(=O)N(Cc3cccc(OC(F)(F)F)c3)c3cccc(C(=O)NCCC(=O)O)c3)cc2)cc1. The van der Waals surface area contributed by atoms with Crippen molar-refractivity contribution >= 4 is 23.7 Å². The van der Waals surface area contributed by atoms with Gasteiger partial charge in [-0.05, 0) is 71.3 Å². The minimum absolute atomic E-state index is 0.116. The van der Waals surface area contributed by atoms with E-state index in [9.17, 15) is 27.6 Å². The van der Waals surface area contributed by atoms with E-state index in [1.807, 2.05) is 0 Å². The normalized spacial score (nSPS) is 10.8. The first-order valence-corrected chi connectivity index (χ1v) is 13.1. The number of benzene rings is 4. The zero-order valence-electron chi connectivity index (χ0n) is 22.9. The number of carboxylic acids is 1. The van der Waals surface area contributed by atoms with Gasteiger partial charge in [-0.3, -0.25) is 14.5 Å². The van der Waals surface area contributed by atoms with Gasteiger partial charge in [0.1, 0.15) is 11.5 Å². The van der Waals surface area contributed by atoms with Crippen molar-refractivity contribution in [2.75, 3.05) is 11.4 Å². The molecule has 2 amide bonds. The first kappa shape index (κ1) is 31.1. The predicted octanol–water partition coefficient (Wildman–Crippen LogP) is 6.53. The number of carboxylic acid groups (broad SMARTS) is 1. The zero-order valence-corrected chi connectivity index (χ0v) is 22.9. The fraction of sp³-hybridized carbons (Fsp3) is 0.125. The topological polar surface area (TPSA) is 129 Å². The lowest BCUT2D eigenvalue weighted by Crippen LogP contribution is -2.33. The van der Waals surface area contributed by atoms with Crippen LogP contribution in [0, 0.1) is 11.3 Å². The number of nitriles is 1. The van der Waals surface area contributed by atoms with Gasteiger partial charge in [-0.1, -0.05) is 42.5 Å². The maximum Gasteiger partial charge on any atom is 0.573 e. The van der Waals surface area contributed by atoms with Gasteiger partial charge in [-0.2, -0.15) is 5.26 Å². The first-order chi connectivity index (χ1) is 21.0. The Morgan fingerprint density at radius 1 is 0.864 bits per heavy atom. The van der Waals surface area contributed by atoms with Crippen LogP contribution in [0.4, 0.5) is 23.7 Å². The van der Waals surface area contributed by atoms with Gasteiger partial charge < -0.3 is 19.9 Å². The van der Waals surface area contributed by atoms with E-state index < -0.39 is 30.1 Å². The van der Waals surface area contributed by atoms with Gasteiger partial charge in [0.25, 0.3) is 5.91 Å². The molecule has 0 aliphatic carbocycles. The van der Waals surface area contributed by atoms with Crippen LogP contribution in [-0.2, 0) is 11.3 Å². The van der Waals surface area contributed by atoms with Gasteiger partial charge in [0.15, 0.2) is 0 Å². The summed E-state index contributed by atoms with van der Waals surface area (Å²) in [4.78, 5) is 38.0. The molecule has 0 aromatic heterocycles. The number of amides is 2. The van der Waals surface area contributed by atoms with Crippen molar-refractivity contribution in [2.45, 2.75) is 19.3 Å². The highest BCUT2D eigenvalue weighted by Gasteiger charge is 2.31. The number of ether oxygens (including phenoxy) is 2. The van der Waals surface area contributed by atoms with Crippen LogP contribution in [0.1, 0.15) is 27.9 Å². The lowest BCUT2D eigenvalue weighted by Gasteiger charge is -2.23.